The fraction of sp³-hybridized carbons (Fsp3) is 0.562. The van der Waals surface area contributed by atoms with Gasteiger partial charge in [0, 0.05) is 52.2 Å². The molecule has 0 aliphatic carbocycles. The van der Waals surface area contributed by atoms with E-state index in [0.717, 1.165) is 45.8 Å². The molecule has 110 valence electrons. The van der Waals surface area contributed by atoms with Crippen LogP contribution in [0.4, 0.5) is 5.69 Å². The number of hydrogen-bond donors (Lipinski definition) is 0. The Bertz CT molecular complexity index is 408. The predicted molar refractivity (Wildman–Crippen MR) is 85.1 cm³/mol. The second kappa shape index (κ2) is 8.02. The first kappa shape index (κ1) is 15.0. The Morgan fingerprint density at radius 2 is 1.90 bits per heavy atom. The van der Waals surface area contributed by atoms with Gasteiger partial charge in [0.25, 0.3) is 0 Å². The monoisotopic (exact) mass is 275 g/mol. The summed E-state index contributed by atoms with van der Waals surface area (Å²) in [5.74, 6) is 0. The van der Waals surface area contributed by atoms with Gasteiger partial charge in [0.15, 0.2) is 0 Å². The highest BCUT2D eigenvalue weighted by Gasteiger charge is 2.08. The lowest BCUT2D eigenvalue weighted by Crippen LogP contribution is -2.37. The van der Waals surface area contributed by atoms with E-state index in [1.54, 1.807) is 0 Å². The average molecular weight is 275 g/mol. The first-order chi connectivity index (χ1) is 9.75. The van der Waals surface area contributed by atoms with E-state index in [1.165, 1.54) is 11.3 Å². The van der Waals surface area contributed by atoms with Crippen molar-refractivity contribution in [3.8, 4) is 0 Å². The lowest BCUT2D eigenvalue weighted by atomic mass is 10.2. The molecule has 1 aliphatic rings. The van der Waals surface area contributed by atoms with Gasteiger partial charge in [-0.2, -0.15) is 0 Å². The van der Waals surface area contributed by atoms with Crippen LogP contribution in [0.2, 0.25) is 0 Å². The lowest BCUT2D eigenvalue weighted by molar-refractivity contribution is 0.0377. The molecular weight excluding hydrogens is 250 g/mol. The van der Waals surface area contributed by atoms with Gasteiger partial charge in [0.1, 0.15) is 0 Å². The number of morpholine rings is 1. The van der Waals surface area contributed by atoms with Crippen LogP contribution in [-0.2, 0) is 4.74 Å². The van der Waals surface area contributed by atoms with Crippen molar-refractivity contribution in [3.63, 3.8) is 0 Å². The van der Waals surface area contributed by atoms with Gasteiger partial charge in [0.05, 0.1) is 13.2 Å². The van der Waals surface area contributed by atoms with Crippen LogP contribution in [0.5, 0.6) is 0 Å². The number of rotatable bonds is 6. The summed E-state index contributed by atoms with van der Waals surface area (Å²) in [6.07, 6.45) is 3.09. The van der Waals surface area contributed by atoms with Crippen LogP contribution in [0.3, 0.4) is 0 Å². The first-order valence-electron chi connectivity index (χ1n) is 7.33. The molecule has 0 spiro atoms. The molecule has 1 heterocycles. The van der Waals surface area contributed by atoms with Gasteiger partial charge in [0.2, 0.25) is 0 Å². The van der Waals surface area contributed by atoms with Gasteiger partial charge in [-0.15, -0.1) is 0 Å². The van der Waals surface area contributed by atoms with Crippen molar-refractivity contribution in [2.45, 2.75) is 6.42 Å². The fourth-order valence-corrected chi connectivity index (χ4v) is 2.24. The van der Waals surface area contributed by atoms with E-state index in [9.17, 15) is 0 Å². The summed E-state index contributed by atoms with van der Waals surface area (Å²) in [4.78, 5) is 9.05. The van der Waals surface area contributed by atoms with E-state index in [4.69, 9.17) is 4.74 Å². The van der Waals surface area contributed by atoms with Crippen LogP contribution in [0, 0.1) is 0 Å². The molecule has 0 amide bonds. The van der Waals surface area contributed by atoms with Crippen LogP contribution >= 0.6 is 0 Å². The van der Waals surface area contributed by atoms with Gasteiger partial charge in [-0.1, -0.05) is 12.1 Å². The molecule has 0 atom stereocenters. The molecule has 0 N–H and O–H groups in total. The Hall–Kier alpha value is -1.39. The Balaban J connectivity index is 1.67. The minimum atomic E-state index is 0.876. The maximum Gasteiger partial charge on any atom is 0.0594 e. The quantitative estimate of drug-likeness (QED) is 0.586. The summed E-state index contributed by atoms with van der Waals surface area (Å²) in [6.45, 7) is 5.90. The summed E-state index contributed by atoms with van der Waals surface area (Å²) in [7, 11) is 4.10. The highest BCUT2D eigenvalue weighted by molar-refractivity contribution is 5.80. The predicted octanol–water partition coefficient (Wildman–Crippen LogP) is 1.89. The summed E-state index contributed by atoms with van der Waals surface area (Å²) in [5.41, 5.74) is 2.39. The van der Waals surface area contributed by atoms with Crippen LogP contribution in [0.15, 0.2) is 29.3 Å². The van der Waals surface area contributed by atoms with E-state index in [-0.39, 0.29) is 0 Å². The summed E-state index contributed by atoms with van der Waals surface area (Å²) >= 11 is 0. The molecule has 1 aliphatic heterocycles. The second-order valence-electron chi connectivity index (χ2n) is 5.33. The SMILES string of the molecule is CN(C)c1ccc(C=NCCCN2CCOCC2)cc1. The number of ether oxygens (including phenoxy) is 1. The van der Waals surface area contributed by atoms with Crippen molar-refractivity contribution in [2.75, 3.05) is 58.4 Å². The topological polar surface area (TPSA) is 28.1 Å². The van der Waals surface area contributed by atoms with Crippen LogP contribution < -0.4 is 4.90 Å². The number of aliphatic imine (C=N–C) groups is 1. The van der Waals surface area contributed by atoms with Gasteiger partial charge in [-0.05, 0) is 24.1 Å². The number of hydrogen-bond acceptors (Lipinski definition) is 4. The lowest BCUT2D eigenvalue weighted by Gasteiger charge is -2.26. The molecule has 0 aromatic heterocycles. The maximum absolute atomic E-state index is 5.34. The standard InChI is InChI=1S/C16H25N3O/c1-18(2)16-6-4-15(5-7-16)14-17-8-3-9-19-10-12-20-13-11-19/h4-7,14H,3,8-13H2,1-2H3. The molecule has 0 radical (unpaired) electrons. The van der Waals surface area contributed by atoms with Crippen LogP contribution in [-0.4, -0.2) is 64.6 Å². The number of nitrogens with zero attached hydrogens (tertiary/aromatic N) is 3. The molecule has 4 nitrogen and oxygen atoms in total. The Kier molecular flexibility index (Phi) is 6.02. The molecule has 0 unspecified atom stereocenters. The third-order valence-electron chi connectivity index (χ3n) is 3.52. The van der Waals surface area contributed by atoms with Crippen molar-refractivity contribution < 1.29 is 4.74 Å². The third kappa shape index (κ3) is 4.94. The Morgan fingerprint density at radius 3 is 2.55 bits per heavy atom. The molecular formula is C16H25N3O. The minimum absolute atomic E-state index is 0.876. The smallest absolute Gasteiger partial charge is 0.0594 e. The summed E-state index contributed by atoms with van der Waals surface area (Å²) in [5, 5.41) is 0. The third-order valence-corrected chi connectivity index (χ3v) is 3.52. The van der Waals surface area contributed by atoms with E-state index in [0.29, 0.717) is 0 Å². The fourth-order valence-electron chi connectivity index (χ4n) is 2.24. The molecule has 1 fully saturated rings. The first-order valence-corrected chi connectivity index (χ1v) is 7.33. The normalized spacial score (nSPS) is 16.7. The Labute approximate surface area is 122 Å². The summed E-state index contributed by atoms with van der Waals surface area (Å²) < 4.78 is 5.34. The van der Waals surface area contributed by atoms with Gasteiger partial charge in [-0.25, -0.2) is 0 Å². The number of benzene rings is 1. The van der Waals surface area contributed by atoms with Crippen molar-refractivity contribution in [3.05, 3.63) is 29.8 Å². The van der Waals surface area contributed by atoms with Crippen LogP contribution in [0.1, 0.15) is 12.0 Å². The zero-order chi connectivity index (χ0) is 14.2. The minimum Gasteiger partial charge on any atom is -0.379 e. The van der Waals surface area contributed by atoms with Gasteiger partial charge in [-0.3, -0.25) is 9.89 Å². The highest BCUT2D eigenvalue weighted by atomic mass is 16.5. The molecule has 1 aromatic carbocycles. The van der Waals surface area contributed by atoms with E-state index >= 15 is 0 Å². The maximum atomic E-state index is 5.34. The average Bonchev–Trinajstić information content (AvgIpc) is 2.48. The van der Waals surface area contributed by atoms with Crippen molar-refractivity contribution in [1.29, 1.82) is 0 Å². The van der Waals surface area contributed by atoms with Crippen molar-refractivity contribution in [2.24, 2.45) is 4.99 Å². The number of anilines is 1. The van der Waals surface area contributed by atoms with Crippen LogP contribution in [0.25, 0.3) is 0 Å². The largest absolute Gasteiger partial charge is 0.379 e. The highest BCUT2D eigenvalue weighted by Crippen LogP contribution is 2.10. The zero-order valence-electron chi connectivity index (χ0n) is 12.6. The molecule has 0 bridgehead atoms. The molecule has 20 heavy (non-hydrogen) atoms. The molecule has 2 rings (SSSR count). The second-order valence-corrected chi connectivity index (χ2v) is 5.33. The van der Waals surface area contributed by atoms with E-state index < -0.39 is 0 Å². The van der Waals surface area contributed by atoms with Gasteiger partial charge < -0.3 is 9.64 Å². The molecule has 4 heteroatoms. The van der Waals surface area contributed by atoms with Gasteiger partial charge >= 0.3 is 0 Å². The molecule has 0 saturated carbocycles. The zero-order valence-corrected chi connectivity index (χ0v) is 12.6. The summed E-state index contributed by atoms with van der Waals surface area (Å²) in [6, 6.07) is 8.46. The van der Waals surface area contributed by atoms with Crippen molar-refractivity contribution in [1.82, 2.24) is 4.90 Å². The molecule has 1 saturated heterocycles. The van der Waals surface area contributed by atoms with Crippen molar-refractivity contribution >= 4 is 11.9 Å². The van der Waals surface area contributed by atoms with E-state index in [1.807, 2.05) is 6.21 Å². The Morgan fingerprint density at radius 1 is 1.20 bits per heavy atom. The van der Waals surface area contributed by atoms with E-state index in [2.05, 4.69) is 53.2 Å². The molecule has 1 aromatic rings.